The average molecular weight is 364 g/mol. The lowest BCUT2D eigenvalue weighted by Gasteiger charge is -2.21. The molecule has 4 rings (SSSR count). The summed E-state index contributed by atoms with van der Waals surface area (Å²) in [5.41, 5.74) is 4.71. The van der Waals surface area contributed by atoms with E-state index in [9.17, 15) is 4.79 Å². The highest BCUT2D eigenvalue weighted by atomic mass is 35.5. The fourth-order valence-electron chi connectivity index (χ4n) is 3.35. The molecule has 0 saturated carbocycles. The molecule has 2 heterocycles. The number of carbonyl (C=O) groups is 1. The minimum atomic E-state index is -0.242. The molecule has 1 aromatic heterocycles. The van der Waals surface area contributed by atoms with Crippen LogP contribution in [0.1, 0.15) is 36.1 Å². The van der Waals surface area contributed by atoms with Crippen LogP contribution in [0.2, 0.25) is 5.15 Å². The van der Waals surface area contributed by atoms with Crippen LogP contribution in [-0.4, -0.2) is 21.6 Å². The summed E-state index contributed by atoms with van der Waals surface area (Å²) in [6.07, 6.45) is 0.613. The van der Waals surface area contributed by atoms with Crippen molar-refractivity contribution < 1.29 is 4.79 Å². The topological polar surface area (TPSA) is 45.6 Å². The Labute approximate surface area is 157 Å². The molecule has 0 N–H and O–H groups in total. The lowest BCUT2D eigenvalue weighted by Crippen LogP contribution is -2.24. The van der Waals surface area contributed by atoms with Gasteiger partial charge in [-0.15, -0.1) is 0 Å². The fourth-order valence-corrected chi connectivity index (χ4v) is 3.62. The number of hydrogen-bond donors (Lipinski definition) is 0. The van der Waals surface area contributed by atoms with Gasteiger partial charge in [0.05, 0.1) is 17.3 Å². The second kappa shape index (κ2) is 6.54. The normalized spacial score (nSPS) is 16.8. The van der Waals surface area contributed by atoms with Gasteiger partial charge in [0.2, 0.25) is 5.91 Å². The van der Waals surface area contributed by atoms with E-state index in [2.05, 4.69) is 10.1 Å². The summed E-state index contributed by atoms with van der Waals surface area (Å²) in [5, 5.41) is 7.51. The number of nitrogens with zero attached hydrogens (tertiary/aromatic N) is 3. The Hall–Kier alpha value is -2.72. The molecule has 130 valence electrons. The summed E-state index contributed by atoms with van der Waals surface area (Å²) in [5.74, 6) is -0.110. The first-order valence-electron chi connectivity index (χ1n) is 8.52. The molecule has 1 atom stereocenters. The summed E-state index contributed by atoms with van der Waals surface area (Å²) >= 11 is 6.50. The van der Waals surface area contributed by atoms with Crippen LogP contribution in [0.25, 0.3) is 10.9 Å². The average Bonchev–Trinajstić information content (AvgIpc) is 3.07. The van der Waals surface area contributed by atoms with Gasteiger partial charge >= 0.3 is 0 Å². The smallest absolute Gasteiger partial charge is 0.240 e. The first-order valence-corrected chi connectivity index (χ1v) is 8.90. The van der Waals surface area contributed by atoms with Gasteiger partial charge in [0, 0.05) is 24.3 Å². The van der Waals surface area contributed by atoms with Crippen molar-refractivity contribution in [2.75, 3.05) is 0 Å². The van der Waals surface area contributed by atoms with Crippen LogP contribution in [0.5, 0.6) is 0 Å². The fraction of sp³-hybridized carbons (Fsp3) is 0.190. The molecule has 1 aliphatic heterocycles. The Morgan fingerprint density at radius 1 is 1.15 bits per heavy atom. The number of benzene rings is 2. The quantitative estimate of drug-likeness (QED) is 0.608. The Morgan fingerprint density at radius 3 is 2.65 bits per heavy atom. The third kappa shape index (κ3) is 2.97. The number of carbonyl (C=O) groups excluding carboxylic acids is 1. The van der Waals surface area contributed by atoms with E-state index in [0.717, 1.165) is 33.3 Å². The van der Waals surface area contributed by atoms with E-state index in [0.29, 0.717) is 11.6 Å². The van der Waals surface area contributed by atoms with Gasteiger partial charge < -0.3 is 0 Å². The largest absolute Gasteiger partial charge is 0.273 e. The molecular formula is C21H18ClN3O. The molecule has 0 radical (unpaired) electrons. The first kappa shape index (κ1) is 16.7. The predicted octanol–water partition coefficient (Wildman–Crippen LogP) is 4.89. The van der Waals surface area contributed by atoms with Crippen molar-refractivity contribution in [3.05, 3.63) is 76.4 Å². The predicted molar refractivity (Wildman–Crippen MR) is 104 cm³/mol. The zero-order chi connectivity index (χ0) is 18.3. The molecule has 1 aliphatic rings. The highest BCUT2D eigenvalue weighted by Crippen LogP contribution is 2.37. The summed E-state index contributed by atoms with van der Waals surface area (Å²) in [6, 6.07) is 17.8. The van der Waals surface area contributed by atoms with Gasteiger partial charge in [-0.2, -0.15) is 5.10 Å². The van der Waals surface area contributed by atoms with Crippen LogP contribution < -0.4 is 0 Å². The van der Waals surface area contributed by atoms with Crippen LogP contribution in [0.15, 0.2) is 59.7 Å². The molecular weight excluding hydrogens is 346 g/mol. The number of pyridine rings is 1. The molecule has 0 unspecified atom stereocenters. The van der Waals surface area contributed by atoms with Crippen molar-refractivity contribution in [2.45, 2.75) is 26.3 Å². The van der Waals surface area contributed by atoms with E-state index in [4.69, 9.17) is 11.6 Å². The van der Waals surface area contributed by atoms with Crippen LogP contribution in [-0.2, 0) is 4.79 Å². The number of rotatable bonds is 2. The SMILES string of the molecule is CC(=O)N1N=C(c2ccccc2)C[C@@H]1c1cc2ccc(C)cc2nc1Cl. The van der Waals surface area contributed by atoms with Crippen molar-refractivity contribution in [1.82, 2.24) is 9.99 Å². The Balaban J connectivity index is 1.77. The Kier molecular flexibility index (Phi) is 4.21. The molecule has 0 aliphatic carbocycles. The molecule has 26 heavy (non-hydrogen) atoms. The monoisotopic (exact) mass is 363 g/mol. The first-order chi connectivity index (χ1) is 12.5. The number of aromatic nitrogens is 1. The van der Waals surface area contributed by atoms with Gasteiger partial charge in [-0.25, -0.2) is 9.99 Å². The van der Waals surface area contributed by atoms with E-state index >= 15 is 0 Å². The van der Waals surface area contributed by atoms with Crippen molar-refractivity contribution >= 4 is 34.1 Å². The molecule has 4 nitrogen and oxygen atoms in total. The van der Waals surface area contributed by atoms with E-state index in [1.165, 1.54) is 11.9 Å². The number of amides is 1. The van der Waals surface area contributed by atoms with Gasteiger partial charge in [0.15, 0.2) is 0 Å². The van der Waals surface area contributed by atoms with E-state index in [1.807, 2.05) is 61.5 Å². The molecule has 0 saturated heterocycles. The number of fused-ring (bicyclic) bond motifs is 1. The van der Waals surface area contributed by atoms with E-state index in [1.54, 1.807) is 0 Å². The van der Waals surface area contributed by atoms with Gasteiger partial charge in [0.25, 0.3) is 0 Å². The minimum absolute atomic E-state index is 0.110. The zero-order valence-electron chi connectivity index (χ0n) is 14.6. The van der Waals surface area contributed by atoms with Crippen molar-refractivity contribution in [3.63, 3.8) is 0 Å². The number of hydrazone groups is 1. The number of hydrogen-bond acceptors (Lipinski definition) is 3. The maximum atomic E-state index is 12.2. The van der Waals surface area contributed by atoms with Crippen LogP contribution in [0.3, 0.4) is 0 Å². The molecule has 1 amide bonds. The van der Waals surface area contributed by atoms with E-state index in [-0.39, 0.29) is 11.9 Å². The zero-order valence-corrected chi connectivity index (χ0v) is 15.4. The minimum Gasteiger partial charge on any atom is -0.273 e. The molecule has 3 aromatic rings. The third-order valence-electron chi connectivity index (χ3n) is 4.65. The standard InChI is InChI=1S/C21H18ClN3O/c1-13-8-9-16-11-17(21(22)23-18(16)10-13)20-12-19(24-25(20)14(2)26)15-6-4-3-5-7-15/h3-11,20H,12H2,1-2H3/t20-/m1/s1. The molecule has 5 heteroatoms. The number of halogens is 1. The number of aryl methyl sites for hydroxylation is 1. The summed E-state index contributed by atoms with van der Waals surface area (Å²) < 4.78 is 0. The van der Waals surface area contributed by atoms with Crippen LogP contribution in [0, 0.1) is 6.92 Å². The highest BCUT2D eigenvalue weighted by molar-refractivity contribution is 6.30. The van der Waals surface area contributed by atoms with Gasteiger partial charge in [-0.05, 0) is 30.2 Å². The lowest BCUT2D eigenvalue weighted by molar-refractivity contribution is -0.130. The van der Waals surface area contributed by atoms with Crippen molar-refractivity contribution in [2.24, 2.45) is 5.10 Å². The summed E-state index contributed by atoms with van der Waals surface area (Å²) in [7, 11) is 0. The second-order valence-corrected chi connectivity index (χ2v) is 6.92. The third-order valence-corrected chi connectivity index (χ3v) is 4.96. The Bertz CT molecular complexity index is 1030. The highest BCUT2D eigenvalue weighted by Gasteiger charge is 2.33. The van der Waals surface area contributed by atoms with Gasteiger partial charge in [-0.1, -0.05) is 54.1 Å². The van der Waals surface area contributed by atoms with Crippen LogP contribution >= 0.6 is 11.6 Å². The summed E-state index contributed by atoms with van der Waals surface area (Å²) in [4.78, 5) is 16.7. The molecule has 0 spiro atoms. The molecule has 2 aromatic carbocycles. The maximum Gasteiger partial charge on any atom is 0.240 e. The van der Waals surface area contributed by atoms with Gasteiger partial charge in [-0.3, -0.25) is 4.79 Å². The van der Waals surface area contributed by atoms with Crippen molar-refractivity contribution in [3.8, 4) is 0 Å². The maximum absolute atomic E-state index is 12.2. The lowest BCUT2D eigenvalue weighted by atomic mass is 9.98. The van der Waals surface area contributed by atoms with E-state index < -0.39 is 0 Å². The van der Waals surface area contributed by atoms with Crippen molar-refractivity contribution in [1.29, 1.82) is 0 Å². The second-order valence-electron chi connectivity index (χ2n) is 6.56. The van der Waals surface area contributed by atoms with Gasteiger partial charge in [0.1, 0.15) is 5.15 Å². The summed E-state index contributed by atoms with van der Waals surface area (Å²) in [6.45, 7) is 3.55. The van der Waals surface area contributed by atoms with Crippen LogP contribution in [0.4, 0.5) is 0 Å². The molecule has 0 bridgehead atoms. The molecule has 0 fully saturated rings. The Morgan fingerprint density at radius 2 is 1.92 bits per heavy atom.